The number of amides is 1. The van der Waals surface area contributed by atoms with Gasteiger partial charge in [0.05, 0.1) is 17.2 Å². The van der Waals surface area contributed by atoms with Crippen molar-refractivity contribution in [3.63, 3.8) is 0 Å². The van der Waals surface area contributed by atoms with Crippen molar-refractivity contribution in [1.29, 1.82) is 0 Å². The fourth-order valence-corrected chi connectivity index (χ4v) is 2.51. The van der Waals surface area contributed by atoms with Crippen molar-refractivity contribution in [2.24, 2.45) is 0 Å². The third-order valence-electron chi connectivity index (χ3n) is 3.43. The molecule has 0 atom stereocenters. The first-order valence-electron chi connectivity index (χ1n) is 6.86. The summed E-state index contributed by atoms with van der Waals surface area (Å²) in [6.45, 7) is 3.72. The standard InChI is InChI=1S/C14H16ClF3N2O2/c1-2-22-13(21)20-7-5-19(6-8-20)10-3-4-12(15)11(9-10)14(16,17)18/h3-4,9H,2,5-8H2,1H3. The number of halogens is 4. The first kappa shape index (κ1) is 16.7. The molecule has 1 aromatic carbocycles. The Morgan fingerprint density at radius 3 is 2.45 bits per heavy atom. The minimum atomic E-state index is -4.49. The molecule has 0 aromatic heterocycles. The molecule has 0 saturated carbocycles. The molecule has 0 radical (unpaired) electrons. The summed E-state index contributed by atoms with van der Waals surface area (Å²) in [4.78, 5) is 14.9. The molecule has 1 fully saturated rings. The third kappa shape index (κ3) is 3.76. The fraction of sp³-hybridized carbons (Fsp3) is 0.500. The van der Waals surface area contributed by atoms with Gasteiger partial charge in [0.25, 0.3) is 0 Å². The van der Waals surface area contributed by atoms with Crippen LogP contribution in [0, 0.1) is 0 Å². The number of hydrogen-bond donors (Lipinski definition) is 0. The van der Waals surface area contributed by atoms with E-state index < -0.39 is 17.8 Å². The zero-order valence-corrected chi connectivity index (χ0v) is 12.7. The van der Waals surface area contributed by atoms with E-state index in [4.69, 9.17) is 16.3 Å². The molecule has 1 aliphatic rings. The van der Waals surface area contributed by atoms with Crippen molar-refractivity contribution in [3.8, 4) is 0 Å². The number of carbonyl (C=O) groups is 1. The summed E-state index contributed by atoms with van der Waals surface area (Å²) in [6.07, 6.45) is -4.88. The average molecular weight is 337 g/mol. The van der Waals surface area contributed by atoms with Gasteiger partial charge in [0.2, 0.25) is 0 Å². The summed E-state index contributed by atoms with van der Waals surface area (Å²) in [6, 6.07) is 3.84. The highest BCUT2D eigenvalue weighted by atomic mass is 35.5. The van der Waals surface area contributed by atoms with Crippen molar-refractivity contribution in [3.05, 3.63) is 28.8 Å². The number of rotatable bonds is 2. The topological polar surface area (TPSA) is 32.8 Å². The predicted molar refractivity (Wildman–Crippen MR) is 77.3 cm³/mol. The minimum absolute atomic E-state index is 0.297. The van der Waals surface area contributed by atoms with Crippen LogP contribution >= 0.6 is 11.6 Å². The number of ether oxygens (including phenoxy) is 1. The second kappa shape index (κ2) is 6.64. The van der Waals surface area contributed by atoms with Crippen LogP contribution in [0.4, 0.5) is 23.7 Å². The molecular formula is C14H16ClF3N2O2. The Balaban J connectivity index is 2.07. The van der Waals surface area contributed by atoms with Crippen molar-refractivity contribution in [1.82, 2.24) is 4.90 Å². The van der Waals surface area contributed by atoms with E-state index in [1.807, 2.05) is 0 Å². The molecule has 1 aliphatic heterocycles. The van der Waals surface area contributed by atoms with Gasteiger partial charge in [0.15, 0.2) is 0 Å². The smallest absolute Gasteiger partial charge is 0.417 e. The van der Waals surface area contributed by atoms with Gasteiger partial charge >= 0.3 is 12.3 Å². The molecule has 1 aromatic rings. The van der Waals surface area contributed by atoms with Crippen molar-refractivity contribution >= 4 is 23.4 Å². The van der Waals surface area contributed by atoms with Crippen molar-refractivity contribution in [2.45, 2.75) is 13.1 Å². The molecule has 122 valence electrons. The normalized spacial score (nSPS) is 15.9. The summed E-state index contributed by atoms with van der Waals surface area (Å²) in [5, 5.41) is -0.318. The third-order valence-corrected chi connectivity index (χ3v) is 3.76. The number of alkyl halides is 3. The van der Waals surface area contributed by atoms with Crippen LogP contribution in [0.15, 0.2) is 18.2 Å². The maximum atomic E-state index is 12.9. The highest BCUT2D eigenvalue weighted by molar-refractivity contribution is 6.31. The Bertz CT molecular complexity index is 543. The minimum Gasteiger partial charge on any atom is -0.450 e. The van der Waals surface area contributed by atoms with E-state index in [0.717, 1.165) is 6.07 Å². The number of nitrogens with zero attached hydrogens (tertiary/aromatic N) is 2. The van der Waals surface area contributed by atoms with Gasteiger partial charge < -0.3 is 14.5 Å². The van der Waals surface area contributed by atoms with Crippen LogP contribution in [0.1, 0.15) is 12.5 Å². The van der Waals surface area contributed by atoms with Crippen LogP contribution < -0.4 is 4.90 Å². The van der Waals surface area contributed by atoms with Gasteiger partial charge in [-0.1, -0.05) is 11.6 Å². The summed E-state index contributed by atoms with van der Waals surface area (Å²) in [5.74, 6) is 0. The zero-order valence-electron chi connectivity index (χ0n) is 12.0. The average Bonchev–Trinajstić information content (AvgIpc) is 2.47. The van der Waals surface area contributed by atoms with E-state index >= 15 is 0 Å². The van der Waals surface area contributed by atoms with Gasteiger partial charge in [-0.25, -0.2) is 4.79 Å². The highest BCUT2D eigenvalue weighted by Crippen LogP contribution is 2.37. The molecule has 0 bridgehead atoms. The van der Waals surface area contributed by atoms with E-state index in [9.17, 15) is 18.0 Å². The zero-order chi connectivity index (χ0) is 16.3. The molecule has 0 aliphatic carbocycles. The van der Waals surface area contributed by atoms with Gasteiger partial charge in [-0.3, -0.25) is 0 Å². The molecule has 1 saturated heterocycles. The number of carbonyl (C=O) groups excluding carboxylic acids is 1. The van der Waals surface area contributed by atoms with Crippen LogP contribution in [-0.4, -0.2) is 43.8 Å². The summed E-state index contributed by atoms with van der Waals surface area (Å²) in [5.41, 5.74) is -0.403. The maximum Gasteiger partial charge on any atom is 0.417 e. The largest absolute Gasteiger partial charge is 0.450 e. The van der Waals surface area contributed by atoms with E-state index in [1.165, 1.54) is 6.07 Å². The van der Waals surface area contributed by atoms with Crippen LogP contribution in [0.3, 0.4) is 0 Å². The molecule has 1 amide bonds. The van der Waals surface area contributed by atoms with E-state index in [1.54, 1.807) is 22.8 Å². The van der Waals surface area contributed by atoms with E-state index in [-0.39, 0.29) is 5.02 Å². The Morgan fingerprint density at radius 2 is 1.91 bits per heavy atom. The first-order chi connectivity index (χ1) is 10.3. The lowest BCUT2D eigenvalue weighted by molar-refractivity contribution is -0.137. The Labute approximate surface area is 131 Å². The Kier molecular flexibility index (Phi) is 5.05. The van der Waals surface area contributed by atoms with Crippen LogP contribution in [-0.2, 0) is 10.9 Å². The molecule has 0 N–H and O–H groups in total. The number of piperazine rings is 1. The maximum absolute atomic E-state index is 12.9. The Hall–Kier alpha value is -1.63. The van der Waals surface area contributed by atoms with Gasteiger partial charge in [0, 0.05) is 31.9 Å². The first-order valence-corrected chi connectivity index (χ1v) is 7.24. The second-order valence-electron chi connectivity index (χ2n) is 4.83. The molecular weight excluding hydrogens is 321 g/mol. The monoisotopic (exact) mass is 336 g/mol. The molecule has 2 rings (SSSR count). The van der Waals surface area contributed by atoms with Gasteiger partial charge in [-0.2, -0.15) is 13.2 Å². The summed E-state index contributed by atoms with van der Waals surface area (Å²) < 4.78 is 43.5. The second-order valence-corrected chi connectivity index (χ2v) is 5.24. The SMILES string of the molecule is CCOC(=O)N1CCN(c2ccc(Cl)c(C(F)(F)F)c2)CC1. The molecule has 8 heteroatoms. The van der Waals surface area contributed by atoms with Gasteiger partial charge in [0.1, 0.15) is 0 Å². The number of hydrogen-bond acceptors (Lipinski definition) is 3. The Morgan fingerprint density at radius 1 is 1.27 bits per heavy atom. The van der Waals surface area contributed by atoms with Crippen LogP contribution in [0.2, 0.25) is 5.02 Å². The lowest BCUT2D eigenvalue weighted by atomic mass is 10.1. The fourth-order valence-electron chi connectivity index (χ4n) is 2.29. The molecule has 4 nitrogen and oxygen atoms in total. The quantitative estimate of drug-likeness (QED) is 0.826. The van der Waals surface area contributed by atoms with Crippen molar-refractivity contribution < 1.29 is 22.7 Å². The van der Waals surface area contributed by atoms with E-state index in [2.05, 4.69) is 0 Å². The van der Waals surface area contributed by atoms with Gasteiger partial charge in [-0.15, -0.1) is 0 Å². The predicted octanol–water partition coefficient (Wildman–Crippen LogP) is 3.64. The van der Waals surface area contributed by atoms with E-state index in [0.29, 0.717) is 38.5 Å². The summed E-state index contributed by atoms with van der Waals surface area (Å²) >= 11 is 5.61. The van der Waals surface area contributed by atoms with Crippen LogP contribution in [0.25, 0.3) is 0 Å². The molecule has 1 heterocycles. The summed E-state index contributed by atoms with van der Waals surface area (Å²) in [7, 11) is 0. The number of anilines is 1. The highest BCUT2D eigenvalue weighted by Gasteiger charge is 2.34. The van der Waals surface area contributed by atoms with Gasteiger partial charge in [-0.05, 0) is 25.1 Å². The molecule has 0 unspecified atom stereocenters. The number of benzene rings is 1. The van der Waals surface area contributed by atoms with Crippen LogP contribution in [0.5, 0.6) is 0 Å². The van der Waals surface area contributed by atoms with Crippen molar-refractivity contribution in [2.75, 3.05) is 37.7 Å². The molecule has 22 heavy (non-hydrogen) atoms. The lowest BCUT2D eigenvalue weighted by Crippen LogP contribution is -2.49. The molecule has 0 spiro atoms. The lowest BCUT2D eigenvalue weighted by Gasteiger charge is -2.35.